The molecule has 0 amide bonds. The number of fused-ring (bicyclic) bond motifs is 1. The third-order valence-electron chi connectivity index (χ3n) is 2.29. The molecule has 1 aromatic heterocycles. The van der Waals surface area contributed by atoms with Crippen LogP contribution in [0, 0.1) is 6.92 Å². The molecule has 0 aliphatic heterocycles. The van der Waals surface area contributed by atoms with Crippen molar-refractivity contribution in [2.24, 2.45) is 0 Å². The van der Waals surface area contributed by atoms with Gasteiger partial charge in [-0.05, 0) is 19.1 Å². The number of benzene rings is 1. The maximum absolute atomic E-state index is 6.16. The number of pyridine rings is 1. The first kappa shape index (κ1) is 13.5. The van der Waals surface area contributed by atoms with Crippen molar-refractivity contribution in [2.45, 2.75) is 10.7 Å². The molecule has 0 fully saturated rings. The lowest BCUT2D eigenvalue weighted by Gasteiger charge is -2.14. The van der Waals surface area contributed by atoms with Crippen molar-refractivity contribution in [1.82, 2.24) is 4.98 Å². The first-order valence-corrected chi connectivity index (χ1v) is 6.52. The van der Waals surface area contributed by atoms with Crippen LogP contribution in [0.1, 0.15) is 11.3 Å². The van der Waals surface area contributed by atoms with Crippen molar-refractivity contribution in [1.29, 1.82) is 0 Å². The second-order valence-corrected chi connectivity index (χ2v) is 6.64. The van der Waals surface area contributed by atoms with E-state index in [2.05, 4.69) is 4.98 Å². The molecule has 0 aliphatic carbocycles. The predicted octanol–water partition coefficient (Wildman–Crippen LogP) is 5.68. The van der Waals surface area contributed by atoms with Crippen LogP contribution in [0.5, 0.6) is 0 Å². The van der Waals surface area contributed by atoms with E-state index in [-0.39, 0.29) is 10.7 Å². The number of aryl methyl sites for hydroxylation is 1. The SMILES string of the molecule is Cc1ccc2nc(C(Cl)(Cl)Cl)c(Cl)c(Cl)c2c1. The lowest BCUT2D eigenvalue weighted by atomic mass is 10.1. The van der Waals surface area contributed by atoms with Crippen molar-refractivity contribution in [3.8, 4) is 0 Å². The molecule has 0 saturated heterocycles. The molecule has 2 rings (SSSR count). The molecule has 17 heavy (non-hydrogen) atoms. The number of hydrogen-bond donors (Lipinski definition) is 0. The van der Waals surface area contributed by atoms with Gasteiger partial charge in [-0.25, -0.2) is 4.98 Å². The van der Waals surface area contributed by atoms with E-state index < -0.39 is 3.79 Å². The van der Waals surface area contributed by atoms with Gasteiger partial charge in [0, 0.05) is 5.39 Å². The van der Waals surface area contributed by atoms with Crippen LogP contribution >= 0.6 is 58.0 Å². The summed E-state index contributed by atoms with van der Waals surface area (Å²) < 4.78 is -1.69. The number of nitrogens with zero attached hydrogens (tertiary/aromatic N) is 1. The fourth-order valence-corrected chi connectivity index (χ4v) is 2.58. The Kier molecular flexibility index (Phi) is 3.69. The van der Waals surface area contributed by atoms with Gasteiger partial charge in [0.25, 0.3) is 0 Å². The van der Waals surface area contributed by atoms with Gasteiger partial charge in [0.1, 0.15) is 5.69 Å². The number of alkyl halides is 3. The Bertz CT molecular complexity index is 588. The van der Waals surface area contributed by atoms with Crippen molar-refractivity contribution in [3.05, 3.63) is 39.5 Å². The van der Waals surface area contributed by atoms with Gasteiger partial charge in [-0.3, -0.25) is 0 Å². The lowest BCUT2D eigenvalue weighted by Crippen LogP contribution is -2.05. The van der Waals surface area contributed by atoms with Crippen LogP contribution < -0.4 is 0 Å². The third-order valence-corrected chi connectivity index (χ3v) is 3.68. The van der Waals surface area contributed by atoms with Crippen LogP contribution in [0.25, 0.3) is 10.9 Å². The van der Waals surface area contributed by atoms with Gasteiger partial charge >= 0.3 is 0 Å². The molecule has 1 heterocycles. The van der Waals surface area contributed by atoms with Crippen LogP contribution in [0.3, 0.4) is 0 Å². The number of halogens is 5. The third kappa shape index (κ3) is 2.59. The van der Waals surface area contributed by atoms with Crippen LogP contribution in [-0.2, 0) is 3.79 Å². The molecule has 0 aliphatic rings. The highest BCUT2D eigenvalue weighted by molar-refractivity contribution is 6.67. The summed E-state index contributed by atoms with van der Waals surface area (Å²) in [6.45, 7) is 1.95. The lowest BCUT2D eigenvalue weighted by molar-refractivity contribution is 1.12. The van der Waals surface area contributed by atoms with E-state index in [0.717, 1.165) is 10.9 Å². The van der Waals surface area contributed by atoms with Crippen LogP contribution in [0.2, 0.25) is 10.0 Å². The minimum absolute atomic E-state index is 0.144. The molecule has 1 nitrogen and oxygen atoms in total. The molecule has 0 unspecified atom stereocenters. The molecule has 0 radical (unpaired) electrons. The quantitative estimate of drug-likeness (QED) is 0.567. The van der Waals surface area contributed by atoms with Crippen LogP contribution in [0.4, 0.5) is 0 Å². The van der Waals surface area contributed by atoms with E-state index in [9.17, 15) is 0 Å². The van der Waals surface area contributed by atoms with E-state index >= 15 is 0 Å². The summed E-state index contributed by atoms with van der Waals surface area (Å²) in [5.41, 5.74) is 1.84. The number of rotatable bonds is 0. The van der Waals surface area contributed by atoms with Gasteiger partial charge in [0.15, 0.2) is 0 Å². The fourth-order valence-electron chi connectivity index (χ4n) is 1.50. The van der Waals surface area contributed by atoms with E-state index in [1.54, 1.807) is 0 Å². The Hall–Kier alpha value is 0.0800. The highest BCUT2D eigenvalue weighted by atomic mass is 35.6. The Morgan fingerprint density at radius 2 is 1.71 bits per heavy atom. The van der Waals surface area contributed by atoms with E-state index in [0.29, 0.717) is 10.5 Å². The van der Waals surface area contributed by atoms with Crippen molar-refractivity contribution in [3.63, 3.8) is 0 Å². The van der Waals surface area contributed by atoms with Gasteiger partial charge in [-0.2, -0.15) is 0 Å². The standard InChI is InChI=1S/C11H6Cl5N/c1-5-2-3-7-6(4-5)8(12)9(13)10(17-7)11(14,15)16/h2-4H,1H3. The minimum Gasteiger partial charge on any atom is -0.247 e. The van der Waals surface area contributed by atoms with Crippen molar-refractivity contribution < 1.29 is 0 Å². The summed E-state index contributed by atoms with van der Waals surface area (Å²) in [7, 11) is 0. The highest BCUT2D eigenvalue weighted by Crippen LogP contribution is 2.44. The largest absolute Gasteiger partial charge is 0.247 e. The van der Waals surface area contributed by atoms with Crippen LogP contribution in [-0.4, -0.2) is 4.98 Å². The zero-order chi connectivity index (χ0) is 12.8. The topological polar surface area (TPSA) is 12.9 Å². The summed E-state index contributed by atoms with van der Waals surface area (Å²) in [5.74, 6) is 0. The molecule has 0 atom stereocenters. The van der Waals surface area contributed by atoms with E-state index in [1.807, 2.05) is 25.1 Å². The van der Waals surface area contributed by atoms with E-state index in [4.69, 9.17) is 58.0 Å². The number of hydrogen-bond acceptors (Lipinski definition) is 1. The average molecular weight is 329 g/mol. The summed E-state index contributed by atoms with van der Waals surface area (Å²) in [6.07, 6.45) is 0. The van der Waals surface area contributed by atoms with Crippen molar-refractivity contribution >= 4 is 68.9 Å². The van der Waals surface area contributed by atoms with Gasteiger partial charge < -0.3 is 0 Å². The Balaban J connectivity index is 2.85. The summed E-state index contributed by atoms with van der Waals surface area (Å²) >= 11 is 29.6. The normalized spacial score (nSPS) is 12.1. The zero-order valence-electron chi connectivity index (χ0n) is 8.57. The van der Waals surface area contributed by atoms with Crippen molar-refractivity contribution in [2.75, 3.05) is 0 Å². The molecular formula is C11H6Cl5N. The molecule has 0 saturated carbocycles. The average Bonchev–Trinajstić information content (AvgIpc) is 2.22. The van der Waals surface area contributed by atoms with Gasteiger partial charge in [0.2, 0.25) is 3.79 Å². The highest BCUT2D eigenvalue weighted by Gasteiger charge is 2.30. The molecule has 2 aromatic rings. The minimum atomic E-state index is -1.69. The monoisotopic (exact) mass is 327 g/mol. The molecular weight excluding hydrogens is 323 g/mol. The van der Waals surface area contributed by atoms with E-state index in [1.165, 1.54) is 0 Å². The van der Waals surface area contributed by atoms with Gasteiger partial charge in [-0.15, -0.1) is 0 Å². The Labute approximate surface area is 124 Å². The zero-order valence-corrected chi connectivity index (χ0v) is 12.3. The first-order chi connectivity index (χ1) is 7.80. The van der Waals surface area contributed by atoms with Crippen LogP contribution in [0.15, 0.2) is 18.2 Å². The van der Waals surface area contributed by atoms with Gasteiger partial charge in [0.05, 0.1) is 15.6 Å². The Morgan fingerprint density at radius 1 is 1.06 bits per heavy atom. The summed E-state index contributed by atoms with van der Waals surface area (Å²) in [5, 5.41) is 1.26. The molecule has 0 N–H and O–H groups in total. The Morgan fingerprint density at radius 3 is 2.29 bits per heavy atom. The van der Waals surface area contributed by atoms with Gasteiger partial charge in [-0.1, -0.05) is 69.6 Å². The molecule has 90 valence electrons. The first-order valence-electron chi connectivity index (χ1n) is 4.63. The smallest absolute Gasteiger partial charge is 0.234 e. The molecule has 6 heteroatoms. The molecule has 0 spiro atoms. The second-order valence-electron chi connectivity index (χ2n) is 3.61. The number of aromatic nitrogens is 1. The molecule has 1 aromatic carbocycles. The summed E-state index contributed by atoms with van der Waals surface area (Å²) in [6, 6.07) is 5.60. The summed E-state index contributed by atoms with van der Waals surface area (Å²) in [4.78, 5) is 4.24. The predicted molar refractivity (Wildman–Crippen MR) is 75.7 cm³/mol. The second kappa shape index (κ2) is 4.64. The molecule has 0 bridgehead atoms. The maximum atomic E-state index is 6.16. The fraction of sp³-hybridized carbons (Fsp3) is 0.182. The maximum Gasteiger partial charge on any atom is 0.234 e.